The molecule has 1 heterocycles. The van der Waals surface area contributed by atoms with Crippen molar-refractivity contribution in [1.29, 1.82) is 0 Å². The number of nitrogens with one attached hydrogen (secondary N) is 1. The molecule has 0 amide bonds. The summed E-state index contributed by atoms with van der Waals surface area (Å²) >= 11 is 0. The lowest BCUT2D eigenvalue weighted by Crippen LogP contribution is -2.05. The van der Waals surface area contributed by atoms with Gasteiger partial charge in [0.05, 0.1) is 11.9 Å². The summed E-state index contributed by atoms with van der Waals surface area (Å²) in [6.45, 7) is 6.63. The predicted octanol–water partition coefficient (Wildman–Crippen LogP) is 3.10. The van der Waals surface area contributed by atoms with Gasteiger partial charge in [-0.2, -0.15) is 5.10 Å². The lowest BCUT2D eigenvalue weighted by molar-refractivity contribution is 0.672. The maximum absolute atomic E-state index is 4.13. The number of aromatic nitrogens is 2. The molecule has 2 rings (SSSR count). The maximum atomic E-state index is 4.13. The second-order valence-corrected chi connectivity index (χ2v) is 4.12. The highest BCUT2D eigenvalue weighted by atomic mass is 15.1. The average Bonchev–Trinajstić information content (AvgIpc) is 2.53. The topological polar surface area (TPSA) is 28.7 Å². The summed E-state index contributed by atoms with van der Waals surface area (Å²) in [4.78, 5) is 0. The van der Waals surface area contributed by atoms with Gasteiger partial charge < -0.3 is 0 Å². The smallest absolute Gasteiger partial charge is 0.0643 e. The lowest BCUT2D eigenvalue weighted by atomic mass is 9.84. The number of allylic oxidation sites excluding steroid dienone is 2. The van der Waals surface area contributed by atoms with E-state index in [1.165, 1.54) is 35.2 Å². The second-order valence-electron chi connectivity index (χ2n) is 4.12. The molecule has 0 unspecified atom stereocenters. The molecule has 1 N–H and O–H groups in total. The molecule has 0 aliphatic heterocycles. The van der Waals surface area contributed by atoms with E-state index in [0.717, 1.165) is 0 Å². The first-order valence-electron chi connectivity index (χ1n) is 4.90. The van der Waals surface area contributed by atoms with Gasteiger partial charge in [0.15, 0.2) is 0 Å². The molecule has 1 aromatic rings. The highest BCUT2D eigenvalue weighted by Gasteiger charge is 2.22. The zero-order chi connectivity index (χ0) is 9.42. The van der Waals surface area contributed by atoms with Crippen LogP contribution in [0.5, 0.6) is 0 Å². The minimum atomic E-state index is 0.664. The summed E-state index contributed by atoms with van der Waals surface area (Å²) in [6, 6.07) is 0. The van der Waals surface area contributed by atoms with Gasteiger partial charge in [-0.25, -0.2) is 0 Å². The minimum absolute atomic E-state index is 0.664. The first-order valence-corrected chi connectivity index (χ1v) is 4.90. The Morgan fingerprint density at radius 3 is 3.00 bits per heavy atom. The highest BCUT2D eigenvalue weighted by molar-refractivity contribution is 5.69. The maximum Gasteiger partial charge on any atom is 0.0643 e. The van der Waals surface area contributed by atoms with Crippen molar-refractivity contribution in [2.75, 3.05) is 0 Å². The molecule has 13 heavy (non-hydrogen) atoms. The summed E-state index contributed by atoms with van der Waals surface area (Å²) in [5.41, 5.74) is 5.55. The zero-order valence-electron chi connectivity index (χ0n) is 8.52. The third-order valence-corrected chi connectivity index (χ3v) is 2.93. The van der Waals surface area contributed by atoms with E-state index in [9.17, 15) is 0 Å². The molecule has 0 fully saturated rings. The van der Waals surface area contributed by atoms with E-state index in [2.05, 4.69) is 31.0 Å². The quantitative estimate of drug-likeness (QED) is 0.646. The van der Waals surface area contributed by atoms with Gasteiger partial charge in [-0.15, -0.1) is 0 Å². The minimum Gasteiger partial charge on any atom is -0.278 e. The standard InChI is InChI=1S/C11H16N2/c1-7(2)9-5-4-8(3)10-6-12-13-11(9)10/h6,8H,4-5H2,1-3H3,(H,12,13)/t8-/m1/s1. The van der Waals surface area contributed by atoms with Gasteiger partial charge in [-0.3, -0.25) is 5.10 Å². The number of aromatic amines is 1. The largest absolute Gasteiger partial charge is 0.278 e. The van der Waals surface area contributed by atoms with Crippen LogP contribution in [0.4, 0.5) is 0 Å². The summed E-state index contributed by atoms with van der Waals surface area (Å²) in [6.07, 6.45) is 4.42. The lowest BCUT2D eigenvalue weighted by Gasteiger charge is -2.21. The molecule has 1 aliphatic carbocycles. The molecule has 2 heteroatoms. The van der Waals surface area contributed by atoms with Crippen LogP contribution in [0.3, 0.4) is 0 Å². The SMILES string of the molecule is CC(C)=C1CC[C@@H](C)c2cn[nH]c21. The van der Waals surface area contributed by atoms with Crippen molar-refractivity contribution in [3.05, 3.63) is 23.0 Å². The van der Waals surface area contributed by atoms with Gasteiger partial charge in [0.25, 0.3) is 0 Å². The fraction of sp³-hybridized carbons (Fsp3) is 0.545. The van der Waals surface area contributed by atoms with E-state index in [1.54, 1.807) is 0 Å². The average molecular weight is 176 g/mol. The number of H-pyrrole nitrogens is 1. The first kappa shape index (κ1) is 8.54. The third kappa shape index (κ3) is 1.30. The summed E-state index contributed by atoms with van der Waals surface area (Å²) < 4.78 is 0. The number of rotatable bonds is 0. The Balaban J connectivity index is 2.53. The van der Waals surface area contributed by atoms with Crippen LogP contribution in [0.25, 0.3) is 5.57 Å². The van der Waals surface area contributed by atoms with Crippen LogP contribution in [0.15, 0.2) is 11.8 Å². The van der Waals surface area contributed by atoms with Crippen LogP contribution >= 0.6 is 0 Å². The van der Waals surface area contributed by atoms with Gasteiger partial charge >= 0.3 is 0 Å². The Labute approximate surface area is 79.1 Å². The monoisotopic (exact) mass is 176 g/mol. The summed E-state index contributed by atoms with van der Waals surface area (Å²) in [7, 11) is 0. The van der Waals surface area contributed by atoms with Crippen LogP contribution in [0.2, 0.25) is 0 Å². The Bertz CT molecular complexity index is 343. The summed E-state index contributed by atoms with van der Waals surface area (Å²) in [5.74, 6) is 0.664. The van der Waals surface area contributed by atoms with Crippen molar-refractivity contribution < 1.29 is 0 Å². The van der Waals surface area contributed by atoms with Crippen LogP contribution in [-0.4, -0.2) is 10.2 Å². The van der Waals surface area contributed by atoms with E-state index in [-0.39, 0.29) is 0 Å². The second kappa shape index (κ2) is 3.02. The van der Waals surface area contributed by atoms with Crippen molar-refractivity contribution in [2.45, 2.75) is 39.5 Å². The van der Waals surface area contributed by atoms with Gasteiger partial charge in [0.2, 0.25) is 0 Å². The third-order valence-electron chi connectivity index (χ3n) is 2.93. The van der Waals surface area contributed by atoms with Crippen molar-refractivity contribution in [3.63, 3.8) is 0 Å². The van der Waals surface area contributed by atoms with Crippen LogP contribution in [-0.2, 0) is 0 Å². The molecule has 70 valence electrons. The van der Waals surface area contributed by atoms with Crippen molar-refractivity contribution in [2.24, 2.45) is 0 Å². The van der Waals surface area contributed by atoms with E-state index < -0.39 is 0 Å². The zero-order valence-corrected chi connectivity index (χ0v) is 8.52. The van der Waals surface area contributed by atoms with Crippen molar-refractivity contribution in [1.82, 2.24) is 10.2 Å². The van der Waals surface area contributed by atoms with Crippen molar-refractivity contribution in [3.8, 4) is 0 Å². The number of hydrogen-bond donors (Lipinski definition) is 1. The molecular weight excluding hydrogens is 160 g/mol. The predicted molar refractivity (Wildman–Crippen MR) is 54.5 cm³/mol. The van der Waals surface area contributed by atoms with E-state index in [0.29, 0.717) is 5.92 Å². The highest BCUT2D eigenvalue weighted by Crippen LogP contribution is 2.37. The molecule has 0 spiro atoms. The Kier molecular flexibility index (Phi) is 1.98. The normalized spacial score (nSPS) is 21.5. The molecule has 1 aliphatic rings. The molecule has 0 bridgehead atoms. The number of hydrogen-bond acceptors (Lipinski definition) is 1. The molecule has 1 atom stereocenters. The fourth-order valence-corrected chi connectivity index (χ4v) is 2.05. The van der Waals surface area contributed by atoms with E-state index >= 15 is 0 Å². The van der Waals surface area contributed by atoms with Crippen LogP contribution in [0, 0.1) is 0 Å². The van der Waals surface area contributed by atoms with Gasteiger partial charge in [0, 0.05) is 5.56 Å². The Hall–Kier alpha value is -1.05. The molecule has 0 aromatic carbocycles. The van der Waals surface area contributed by atoms with E-state index in [1.807, 2.05) is 6.20 Å². The Morgan fingerprint density at radius 1 is 1.54 bits per heavy atom. The number of nitrogens with zero attached hydrogens (tertiary/aromatic N) is 1. The molecule has 0 saturated carbocycles. The number of fused-ring (bicyclic) bond motifs is 1. The molecule has 0 radical (unpaired) electrons. The first-order chi connectivity index (χ1) is 6.20. The van der Waals surface area contributed by atoms with Crippen molar-refractivity contribution >= 4 is 5.57 Å². The van der Waals surface area contributed by atoms with Gasteiger partial charge in [-0.05, 0) is 38.2 Å². The van der Waals surface area contributed by atoms with Gasteiger partial charge in [-0.1, -0.05) is 12.5 Å². The fourth-order valence-electron chi connectivity index (χ4n) is 2.05. The summed E-state index contributed by atoms with van der Waals surface area (Å²) in [5, 5.41) is 7.24. The Morgan fingerprint density at radius 2 is 2.31 bits per heavy atom. The molecule has 0 saturated heterocycles. The molecular formula is C11H16N2. The molecule has 2 nitrogen and oxygen atoms in total. The van der Waals surface area contributed by atoms with E-state index in [4.69, 9.17) is 0 Å². The van der Waals surface area contributed by atoms with Gasteiger partial charge in [0.1, 0.15) is 0 Å². The van der Waals surface area contributed by atoms with Crippen LogP contribution in [0.1, 0.15) is 50.8 Å². The van der Waals surface area contributed by atoms with Crippen LogP contribution < -0.4 is 0 Å². The molecule has 1 aromatic heterocycles.